The number of hydrogen-bond donors (Lipinski definition) is 4. The van der Waals surface area contributed by atoms with Gasteiger partial charge in [-0.3, -0.25) is 14.5 Å². The van der Waals surface area contributed by atoms with E-state index < -0.39 is 27.7 Å². The lowest BCUT2D eigenvalue weighted by molar-refractivity contribution is -0.203. The number of aldehydes is 2. The molecule has 2 unspecified atom stereocenters. The molecule has 2 aromatic carbocycles. The van der Waals surface area contributed by atoms with Gasteiger partial charge in [0.1, 0.15) is 43.3 Å². The number of nitrogens with one attached hydrogen (secondary N) is 2. The lowest BCUT2D eigenvalue weighted by Crippen LogP contribution is -2.72. The second-order valence-corrected chi connectivity index (χ2v) is 12.2. The fourth-order valence-corrected chi connectivity index (χ4v) is 5.43. The first kappa shape index (κ1) is 33.7. The molecule has 220 valence electrons. The molecule has 0 saturated carbocycles. The number of carbonyl (C=O) groups is 3. The van der Waals surface area contributed by atoms with Gasteiger partial charge in [-0.15, -0.1) is 0 Å². The van der Waals surface area contributed by atoms with Gasteiger partial charge < -0.3 is 30.4 Å². The summed E-state index contributed by atoms with van der Waals surface area (Å²) < 4.78 is 5.43. The predicted octanol–water partition coefficient (Wildman–Crippen LogP) is -3.99. The molecule has 2 aromatic rings. The normalized spacial score (nSPS) is 17.5. The molecule has 15 heteroatoms. The van der Waals surface area contributed by atoms with Crippen molar-refractivity contribution in [1.29, 1.82) is 0 Å². The highest BCUT2D eigenvalue weighted by Crippen LogP contribution is 2.52. The van der Waals surface area contributed by atoms with Crippen LogP contribution in [0.25, 0.3) is 0 Å². The van der Waals surface area contributed by atoms with Crippen molar-refractivity contribution in [3.05, 3.63) is 64.7 Å². The third kappa shape index (κ3) is 6.40. The van der Waals surface area contributed by atoms with Crippen molar-refractivity contribution in [2.24, 2.45) is 0 Å². The van der Waals surface area contributed by atoms with Crippen LogP contribution in [-0.2, 0) is 33.0 Å². The van der Waals surface area contributed by atoms with E-state index in [4.69, 9.17) is 4.74 Å². The van der Waals surface area contributed by atoms with Gasteiger partial charge in [-0.1, -0.05) is 36.4 Å². The van der Waals surface area contributed by atoms with Gasteiger partial charge in [-0.05, 0) is 34.7 Å². The van der Waals surface area contributed by atoms with E-state index in [2.05, 4.69) is 27.7 Å². The van der Waals surface area contributed by atoms with Crippen LogP contribution in [0.3, 0.4) is 0 Å². The van der Waals surface area contributed by atoms with Crippen LogP contribution in [0.4, 0.5) is 5.69 Å². The minimum atomic E-state index is -2.38. The van der Waals surface area contributed by atoms with E-state index in [1.807, 2.05) is 12.1 Å². The van der Waals surface area contributed by atoms with Gasteiger partial charge in [0.05, 0.1) is 13.2 Å². The molecule has 0 radical (unpaired) electrons. The van der Waals surface area contributed by atoms with Crippen molar-refractivity contribution < 1.29 is 29.3 Å². The molecule has 0 aliphatic carbocycles. The summed E-state index contributed by atoms with van der Waals surface area (Å²) in [6.45, 7) is 4.56. The maximum atomic E-state index is 13.3. The van der Waals surface area contributed by atoms with E-state index in [1.54, 1.807) is 49.6 Å². The van der Waals surface area contributed by atoms with Gasteiger partial charge in [0.2, 0.25) is 0 Å². The van der Waals surface area contributed by atoms with Gasteiger partial charge in [0, 0.05) is 50.0 Å². The monoisotopic (exact) mass is 572 g/mol. The van der Waals surface area contributed by atoms with E-state index in [1.165, 1.54) is 27.5 Å². The number of carbonyl (C=O) groups excluding carboxylic acids is 3. The topological polar surface area (TPSA) is 131 Å². The van der Waals surface area contributed by atoms with Gasteiger partial charge in [-0.25, -0.2) is 4.90 Å². The minimum Gasteiger partial charge on any atom is -0.381 e. The first-order valence-electron chi connectivity index (χ1n) is 14.2. The van der Waals surface area contributed by atoms with Crippen molar-refractivity contribution in [3.63, 3.8) is 0 Å². The van der Waals surface area contributed by atoms with Crippen LogP contribution >= 0.6 is 0 Å². The molecule has 1 amide bonds. The molecule has 42 heavy (non-hydrogen) atoms. The first-order chi connectivity index (χ1) is 19.7. The summed E-state index contributed by atoms with van der Waals surface area (Å²) in [6.07, 6.45) is 1.31. The van der Waals surface area contributed by atoms with E-state index in [0.717, 1.165) is 43.3 Å². The molecule has 1 heterocycles. The Morgan fingerprint density at radius 1 is 1.02 bits per heavy atom. The van der Waals surface area contributed by atoms with Crippen LogP contribution < -0.4 is 10.6 Å². The Morgan fingerprint density at radius 2 is 1.62 bits per heavy atom. The molecule has 0 aromatic heterocycles. The zero-order valence-corrected chi connectivity index (χ0v) is 25.9. The highest BCUT2D eigenvalue weighted by molar-refractivity contribution is 6.60. The maximum Gasteiger partial charge on any atom is 0.266 e. The molecule has 3 rings (SSSR count). The molecule has 10 nitrogen and oxygen atoms in total. The molecule has 0 spiro atoms. The van der Waals surface area contributed by atoms with Crippen molar-refractivity contribution in [1.82, 2.24) is 15.1 Å². The van der Waals surface area contributed by atoms with E-state index >= 15 is 0 Å². The summed E-state index contributed by atoms with van der Waals surface area (Å²) in [5.41, 5.74) is -1.40. The standard InChI is InChI=1S/C27H41B5N4O6/c1-33-23(39)25(40,27(31,32)24(28,29)17-38)35(2)26(30,41)22-20(16-37)4-3-5-21(22)34-14-18-6-8-19(9-7-18)15-36-10-12-42-13-11-36/h3-9,16-17,34,40-41H,10-15,28-32H2,1-2H3,(H,33,39). The Hall–Kier alpha value is -2.83. The molecule has 2 atom stereocenters. The van der Waals surface area contributed by atoms with Crippen LogP contribution in [0.1, 0.15) is 27.0 Å². The predicted molar refractivity (Wildman–Crippen MR) is 177 cm³/mol. The third-order valence-electron chi connectivity index (χ3n) is 9.17. The lowest BCUT2D eigenvalue weighted by atomic mass is 9.27. The number of benzene rings is 2. The zero-order valence-electron chi connectivity index (χ0n) is 25.9. The smallest absolute Gasteiger partial charge is 0.266 e. The van der Waals surface area contributed by atoms with E-state index in [0.29, 0.717) is 24.8 Å². The lowest BCUT2D eigenvalue weighted by Gasteiger charge is -2.56. The largest absolute Gasteiger partial charge is 0.381 e. The summed E-state index contributed by atoms with van der Waals surface area (Å²) in [5.74, 6) is -0.805. The summed E-state index contributed by atoms with van der Waals surface area (Å²) >= 11 is 0. The van der Waals surface area contributed by atoms with Gasteiger partial charge in [0.15, 0.2) is 19.9 Å². The molecule has 1 saturated heterocycles. The highest BCUT2D eigenvalue weighted by Gasteiger charge is 2.61. The number of likely N-dealkylation sites (N-methyl/N-ethyl adjacent to an activating group) is 2. The number of morpholine rings is 1. The number of aliphatic hydroxyl groups is 2. The summed E-state index contributed by atoms with van der Waals surface area (Å²) in [6, 6.07) is 13.2. The second kappa shape index (κ2) is 13.2. The highest BCUT2D eigenvalue weighted by atomic mass is 16.5. The molecular weight excluding hydrogens is 530 g/mol. The number of nitrogens with zero attached hydrogens (tertiary/aromatic N) is 2. The quantitative estimate of drug-likeness (QED) is 0.108. The molecule has 1 aliphatic rings. The van der Waals surface area contributed by atoms with Crippen molar-refractivity contribution in [2.45, 2.75) is 34.9 Å². The molecule has 1 aliphatic heterocycles. The average molecular weight is 572 g/mol. The van der Waals surface area contributed by atoms with Crippen molar-refractivity contribution in [2.75, 3.05) is 45.7 Å². The van der Waals surface area contributed by atoms with Gasteiger partial charge in [-0.2, -0.15) is 0 Å². The first-order valence-corrected chi connectivity index (χ1v) is 14.2. The Labute approximate surface area is 253 Å². The number of hydrogen-bond acceptors (Lipinski definition) is 9. The third-order valence-corrected chi connectivity index (χ3v) is 9.17. The number of amides is 1. The summed E-state index contributed by atoms with van der Waals surface area (Å²) in [5, 5.41) is 27.5. The Kier molecular flexibility index (Phi) is 10.6. The zero-order chi connectivity index (χ0) is 31.3. The average Bonchev–Trinajstić information content (AvgIpc) is 2.99. The summed E-state index contributed by atoms with van der Waals surface area (Å²) in [4.78, 5) is 41.1. The maximum absolute atomic E-state index is 13.3. The number of rotatable bonds is 13. The fraction of sp³-hybridized carbons (Fsp3) is 0.444. The number of ether oxygens (including phenoxy) is 1. The Balaban J connectivity index is 1.95. The van der Waals surface area contributed by atoms with E-state index in [-0.39, 0.29) is 11.1 Å². The van der Waals surface area contributed by atoms with E-state index in [9.17, 15) is 24.6 Å². The molecule has 1 fully saturated rings. The van der Waals surface area contributed by atoms with Crippen LogP contribution in [-0.4, -0.2) is 124 Å². The second-order valence-electron chi connectivity index (χ2n) is 12.2. The van der Waals surface area contributed by atoms with Crippen molar-refractivity contribution >= 4 is 63.4 Å². The Bertz CT molecular complexity index is 1270. The van der Waals surface area contributed by atoms with Crippen LogP contribution in [0.2, 0.25) is 10.4 Å². The summed E-state index contributed by atoms with van der Waals surface area (Å²) in [7, 11) is 10.6. The number of anilines is 1. The van der Waals surface area contributed by atoms with Gasteiger partial charge >= 0.3 is 0 Å². The van der Waals surface area contributed by atoms with Crippen LogP contribution in [0.15, 0.2) is 42.5 Å². The SMILES string of the molecule is BC(O)(c1c(C=O)cccc1NCc1ccc(CN2CCOCC2)cc1)N(C)C(O)(C(=O)NC)C(B)(B)C(B)(B)C=O. The fourth-order valence-electron chi connectivity index (χ4n) is 5.43. The minimum absolute atomic E-state index is 0.185. The molecule has 4 N–H and O–H groups in total. The van der Waals surface area contributed by atoms with Crippen LogP contribution in [0, 0.1) is 0 Å². The van der Waals surface area contributed by atoms with Crippen LogP contribution in [0.5, 0.6) is 0 Å². The Morgan fingerprint density at radius 3 is 2.17 bits per heavy atom. The van der Waals surface area contributed by atoms with Crippen molar-refractivity contribution in [3.8, 4) is 0 Å². The molecular formula is C27H41B5N4O6. The molecule has 0 bridgehead atoms. The van der Waals surface area contributed by atoms with Gasteiger partial charge in [0.25, 0.3) is 5.91 Å².